The van der Waals surface area contributed by atoms with Gasteiger partial charge in [0.25, 0.3) is 0 Å². The van der Waals surface area contributed by atoms with Crippen LogP contribution in [0.4, 0.5) is 0 Å². The maximum Gasteiger partial charge on any atom is 0.164 e. The molecule has 0 amide bonds. The number of aliphatic hydroxyl groups excluding tert-OH is 1. The van der Waals surface area contributed by atoms with Crippen molar-refractivity contribution >= 4 is 15.9 Å². The van der Waals surface area contributed by atoms with Gasteiger partial charge in [-0.1, -0.05) is 22.9 Å². The van der Waals surface area contributed by atoms with E-state index in [1.807, 2.05) is 23.7 Å². The van der Waals surface area contributed by atoms with Gasteiger partial charge in [-0.2, -0.15) is 5.10 Å². The topological polar surface area (TPSA) is 60.2 Å². The molecule has 108 valence electrons. The van der Waals surface area contributed by atoms with Crippen LogP contribution in [0.25, 0.3) is 0 Å². The average molecular weight is 340 g/mol. The molecule has 1 N–H and O–H groups in total. The normalized spacial score (nSPS) is 10.8. The average Bonchev–Trinajstić information content (AvgIpc) is 2.85. The number of aryl methyl sites for hydroxylation is 2. The predicted molar refractivity (Wildman–Crippen MR) is 79.4 cm³/mol. The van der Waals surface area contributed by atoms with Crippen molar-refractivity contribution in [2.24, 2.45) is 0 Å². The van der Waals surface area contributed by atoms with Crippen molar-refractivity contribution in [2.75, 3.05) is 0 Å². The zero-order valence-electron chi connectivity index (χ0n) is 11.6. The van der Waals surface area contributed by atoms with Crippen LogP contribution in [-0.2, 0) is 19.8 Å². The monoisotopic (exact) mass is 339 g/mol. The Kier molecular flexibility index (Phi) is 5.14. The molecule has 0 unspecified atom stereocenters. The third-order valence-corrected chi connectivity index (χ3v) is 3.42. The lowest BCUT2D eigenvalue weighted by Gasteiger charge is -2.13. The second-order valence-electron chi connectivity index (χ2n) is 4.56. The van der Waals surface area contributed by atoms with Crippen molar-refractivity contribution in [3.05, 3.63) is 39.9 Å². The number of hydrogen-bond donors (Lipinski definition) is 1. The van der Waals surface area contributed by atoms with E-state index in [-0.39, 0.29) is 6.61 Å². The van der Waals surface area contributed by atoms with Gasteiger partial charge in [-0.25, -0.2) is 9.67 Å². The summed E-state index contributed by atoms with van der Waals surface area (Å²) >= 11 is 3.42. The van der Waals surface area contributed by atoms with Gasteiger partial charge in [0.15, 0.2) is 5.82 Å². The number of aromatic nitrogens is 3. The lowest BCUT2D eigenvalue weighted by Crippen LogP contribution is -2.09. The molecule has 2 rings (SSSR count). The first kappa shape index (κ1) is 15.0. The summed E-state index contributed by atoms with van der Waals surface area (Å²) in [7, 11) is 0. The Labute approximate surface area is 126 Å². The van der Waals surface area contributed by atoms with E-state index < -0.39 is 0 Å². The number of hydrogen-bond acceptors (Lipinski definition) is 4. The van der Waals surface area contributed by atoms with Crippen molar-refractivity contribution in [1.29, 1.82) is 0 Å². The Morgan fingerprint density at radius 2 is 2.20 bits per heavy atom. The molecule has 0 aliphatic rings. The van der Waals surface area contributed by atoms with Crippen LogP contribution in [0, 0.1) is 6.92 Å². The molecule has 0 aliphatic heterocycles. The van der Waals surface area contributed by atoms with E-state index in [0.717, 1.165) is 34.4 Å². The minimum atomic E-state index is -0.0583. The summed E-state index contributed by atoms with van der Waals surface area (Å²) in [6, 6.07) is 3.82. The van der Waals surface area contributed by atoms with Gasteiger partial charge >= 0.3 is 0 Å². The molecule has 0 spiro atoms. The minimum absolute atomic E-state index is 0.0583. The lowest BCUT2D eigenvalue weighted by molar-refractivity contribution is 0.251. The van der Waals surface area contributed by atoms with Crippen LogP contribution in [0.5, 0.6) is 5.75 Å². The number of ether oxygens (including phenoxy) is 1. The predicted octanol–water partition coefficient (Wildman–Crippen LogP) is 2.83. The van der Waals surface area contributed by atoms with Gasteiger partial charge < -0.3 is 9.84 Å². The molecule has 20 heavy (non-hydrogen) atoms. The largest absolute Gasteiger partial charge is 0.485 e. The number of halogens is 1. The molecule has 1 aromatic carbocycles. The molecule has 0 fully saturated rings. The molecule has 5 nitrogen and oxygen atoms in total. The summed E-state index contributed by atoms with van der Waals surface area (Å²) in [6.45, 7) is 5.16. The fourth-order valence-corrected chi connectivity index (χ4v) is 2.68. The first-order valence-corrected chi connectivity index (χ1v) is 7.34. The van der Waals surface area contributed by atoms with Gasteiger partial charge in [-0.3, -0.25) is 0 Å². The van der Waals surface area contributed by atoms with E-state index in [0.29, 0.717) is 12.4 Å². The standard InChI is InChI=1S/C14H18BrN3O2/c1-3-4-18-13(16-9-17-18)8-20-14-10(2)5-12(15)6-11(14)7-19/h5-6,9,19H,3-4,7-8H2,1-2H3. The van der Waals surface area contributed by atoms with E-state index in [4.69, 9.17) is 4.74 Å². The molecule has 0 aliphatic carbocycles. The Hall–Kier alpha value is -1.40. The highest BCUT2D eigenvalue weighted by Gasteiger charge is 2.11. The van der Waals surface area contributed by atoms with Gasteiger partial charge in [0, 0.05) is 16.6 Å². The summed E-state index contributed by atoms with van der Waals surface area (Å²) in [5, 5.41) is 13.6. The van der Waals surface area contributed by atoms with E-state index in [1.165, 1.54) is 6.33 Å². The van der Waals surface area contributed by atoms with Crippen LogP contribution in [0.1, 0.15) is 30.3 Å². The third-order valence-electron chi connectivity index (χ3n) is 2.96. The molecule has 6 heteroatoms. The van der Waals surface area contributed by atoms with E-state index in [2.05, 4.69) is 32.9 Å². The van der Waals surface area contributed by atoms with Crippen LogP contribution < -0.4 is 4.74 Å². The molecule has 0 bridgehead atoms. The van der Waals surface area contributed by atoms with Crippen LogP contribution >= 0.6 is 15.9 Å². The van der Waals surface area contributed by atoms with Crippen LogP contribution in [0.3, 0.4) is 0 Å². The molecule has 0 saturated heterocycles. The number of nitrogens with zero attached hydrogens (tertiary/aromatic N) is 3. The maximum absolute atomic E-state index is 9.43. The van der Waals surface area contributed by atoms with Gasteiger partial charge in [0.05, 0.1) is 6.61 Å². The molecule has 1 heterocycles. The number of rotatable bonds is 6. The quantitative estimate of drug-likeness (QED) is 0.878. The second-order valence-corrected chi connectivity index (χ2v) is 5.47. The summed E-state index contributed by atoms with van der Waals surface area (Å²) in [5.74, 6) is 1.50. The Bertz CT molecular complexity index is 584. The van der Waals surface area contributed by atoms with E-state index >= 15 is 0 Å². The Morgan fingerprint density at radius 1 is 1.40 bits per heavy atom. The van der Waals surface area contributed by atoms with Crippen molar-refractivity contribution < 1.29 is 9.84 Å². The highest BCUT2D eigenvalue weighted by atomic mass is 79.9. The molecule has 2 aromatic rings. The number of aliphatic hydroxyl groups is 1. The summed E-state index contributed by atoms with van der Waals surface area (Å²) < 4.78 is 8.61. The third kappa shape index (κ3) is 3.37. The van der Waals surface area contributed by atoms with Crippen molar-refractivity contribution in [3.8, 4) is 5.75 Å². The molecule has 0 saturated carbocycles. The van der Waals surface area contributed by atoms with E-state index in [9.17, 15) is 5.11 Å². The van der Waals surface area contributed by atoms with Gasteiger partial charge in [-0.15, -0.1) is 0 Å². The maximum atomic E-state index is 9.43. The minimum Gasteiger partial charge on any atom is -0.485 e. The smallest absolute Gasteiger partial charge is 0.164 e. The van der Waals surface area contributed by atoms with Gasteiger partial charge in [0.1, 0.15) is 18.7 Å². The van der Waals surface area contributed by atoms with Gasteiger partial charge in [-0.05, 0) is 31.0 Å². The second kappa shape index (κ2) is 6.85. The number of benzene rings is 1. The molecular weight excluding hydrogens is 322 g/mol. The van der Waals surface area contributed by atoms with E-state index in [1.54, 1.807) is 0 Å². The van der Waals surface area contributed by atoms with Crippen LogP contribution in [0.15, 0.2) is 22.9 Å². The Balaban J connectivity index is 2.16. The van der Waals surface area contributed by atoms with Crippen LogP contribution in [0.2, 0.25) is 0 Å². The Morgan fingerprint density at radius 3 is 2.90 bits per heavy atom. The molecule has 1 aromatic heterocycles. The zero-order valence-corrected chi connectivity index (χ0v) is 13.2. The van der Waals surface area contributed by atoms with Gasteiger partial charge in [0.2, 0.25) is 0 Å². The molecule has 0 atom stereocenters. The first-order valence-electron chi connectivity index (χ1n) is 6.55. The fraction of sp³-hybridized carbons (Fsp3) is 0.429. The zero-order chi connectivity index (χ0) is 14.5. The fourth-order valence-electron chi connectivity index (χ4n) is 2.06. The molecule has 0 radical (unpaired) electrons. The summed E-state index contributed by atoms with van der Waals surface area (Å²) in [4.78, 5) is 4.21. The molecular formula is C14H18BrN3O2. The lowest BCUT2D eigenvalue weighted by atomic mass is 10.1. The summed E-state index contributed by atoms with van der Waals surface area (Å²) in [5.41, 5.74) is 1.74. The van der Waals surface area contributed by atoms with Crippen LogP contribution in [-0.4, -0.2) is 19.9 Å². The van der Waals surface area contributed by atoms with Crippen molar-refractivity contribution in [1.82, 2.24) is 14.8 Å². The first-order chi connectivity index (χ1) is 9.65. The van der Waals surface area contributed by atoms with Crippen molar-refractivity contribution in [3.63, 3.8) is 0 Å². The SMILES string of the molecule is CCCn1ncnc1COc1c(C)cc(Br)cc1CO. The highest BCUT2D eigenvalue weighted by molar-refractivity contribution is 9.10. The summed E-state index contributed by atoms with van der Waals surface area (Å²) in [6.07, 6.45) is 2.53. The van der Waals surface area contributed by atoms with Crippen molar-refractivity contribution in [2.45, 2.75) is 40.0 Å². The highest BCUT2D eigenvalue weighted by Crippen LogP contribution is 2.28.